The molecule has 5 heteroatoms. The van der Waals surface area contributed by atoms with Crippen molar-refractivity contribution in [1.29, 1.82) is 0 Å². The Hall–Kier alpha value is -1.49. The van der Waals surface area contributed by atoms with Crippen molar-refractivity contribution in [3.05, 3.63) is 35.4 Å². The fourth-order valence-electron chi connectivity index (χ4n) is 3.37. The van der Waals surface area contributed by atoms with Gasteiger partial charge in [-0.2, -0.15) is 0 Å². The molecule has 0 saturated heterocycles. The minimum absolute atomic E-state index is 0.0407. The molecule has 3 nitrogen and oxygen atoms in total. The van der Waals surface area contributed by atoms with Crippen molar-refractivity contribution in [2.24, 2.45) is 5.41 Å². The first-order valence-corrected chi connectivity index (χ1v) is 7.27. The summed E-state index contributed by atoms with van der Waals surface area (Å²) in [6.07, 6.45) is 3.20. The molecule has 0 aliphatic heterocycles. The lowest BCUT2D eigenvalue weighted by molar-refractivity contribution is -0.141. The smallest absolute Gasteiger partial charge is 0.303 e. The van der Waals surface area contributed by atoms with Gasteiger partial charge in [0.15, 0.2) is 0 Å². The van der Waals surface area contributed by atoms with Gasteiger partial charge in [0.1, 0.15) is 11.6 Å². The predicted molar refractivity (Wildman–Crippen MR) is 73.7 cm³/mol. The van der Waals surface area contributed by atoms with Crippen LogP contribution in [-0.2, 0) is 4.79 Å². The zero-order chi connectivity index (χ0) is 15.5. The van der Waals surface area contributed by atoms with Gasteiger partial charge in [0.25, 0.3) is 0 Å². The zero-order valence-electron chi connectivity index (χ0n) is 11.8. The summed E-state index contributed by atoms with van der Waals surface area (Å²) in [4.78, 5) is 11.1. The summed E-state index contributed by atoms with van der Waals surface area (Å²) in [7, 11) is 0. The average Bonchev–Trinajstić information content (AvgIpc) is 2.41. The van der Waals surface area contributed by atoms with Crippen LogP contribution in [0.25, 0.3) is 0 Å². The number of halogens is 2. The van der Waals surface area contributed by atoms with Gasteiger partial charge in [-0.15, -0.1) is 0 Å². The maximum Gasteiger partial charge on any atom is 0.303 e. The topological polar surface area (TPSA) is 57.5 Å². The quantitative estimate of drug-likeness (QED) is 0.869. The second kappa shape index (κ2) is 6.52. The number of carboxylic acids is 1. The molecule has 1 aliphatic rings. The summed E-state index contributed by atoms with van der Waals surface area (Å²) in [6.45, 7) is 0. The molecule has 0 bridgehead atoms. The van der Waals surface area contributed by atoms with Crippen molar-refractivity contribution < 1.29 is 23.8 Å². The summed E-state index contributed by atoms with van der Waals surface area (Å²) in [5.41, 5.74) is -0.618. The number of carbonyl (C=O) groups is 1. The maximum absolute atomic E-state index is 13.7. The van der Waals surface area contributed by atoms with Crippen LogP contribution in [-0.4, -0.2) is 16.2 Å². The molecular weight excluding hydrogens is 278 g/mol. The molecule has 1 atom stereocenters. The van der Waals surface area contributed by atoms with Crippen molar-refractivity contribution in [3.8, 4) is 0 Å². The molecule has 0 amide bonds. The molecule has 0 radical (unpaired) electrons. The highest BCUT2D eigenvalue weighted by atomic mass is 19.1. The van der Waals surface area contributed by atoms with E-state index in [4.69, 9.17) is 5.11 Å². The Morgan fingerprint density at radius 2 is 1.90 bits per heavy atom. The first-order chi connectivity index (χ1) is 9.92. The van der Waals surface area contributed by atoms with Crippen LogP contribution in [0.15, 0.2) is 18.2 Å². The fraction of sp³-hybridized carbons (Fsp3) is 0.562. The van der Waals surface area contributed by atoms with Gasteiger partial charge < -0.3 is 10.2 Å². The lowest BCUT2D eigenvalue weighted by atomic mass is 9.68. The Bertz CT molecular complexity index is 510. The highest BCUT2D eigenvalue weighted by molar-refractivity contribution is 5.67. The van der Waals surface area contributed by atoms with Crippen LogP contribution in [0.3, 0.4) is 0 Å². The third-order valence-electron chi connectivity index (χ3n) is 4.38. The fourth-order valence-corrected chi connectivity index (χ4v) is 3.37. The Kier molecular flexibility index (Phi) is 4.93. The highest BCUT2D eigenvalue weighted by Crippen LogP contribution is 2.45. The van der Waals surface area contributed by atoms with Gasteiger partial charge in [0, 0.05) is 5.56 Å². The number of hydrogen-bond donors (Lipinski definition) is 2. The van der Waals surface area contributed by atoms with Gasteiger partial charge in [-0.25, -0.2) is 8.78 Å². The third-order valence-corrected chi connectivity index (χ3v) is 4.38. The second-order valence-electron chi connectivity index (χ2n) is 6.02. The average molecular weight is 298 g/mol. The van der Waals surface area contributed by atoms with Crippen molar-refractivity contribution >= 4 is 5.97 Å². The lowest BCUT2D eigenvalue weighted by Crippen LogP contribution is -2.29. The summed E-state index contributed by atoms with van der Waals surface area (Å²) in [6, 6.07) is 2.97. The van der Waals surface area contributed by atoms with Gasteiger partial charge >= 0.3 is 5.97 Å². The molecule has 1 saturated carbocycles. The molecule has 1 aromatic carbocycles. The monoisotopic (exact) mass is 298 g/mol. The molecule has 116 valence electrons. The number of benzene rings is 1. The van der Waals surface area contributed by atoms with E-state index < -0.39 is 29.1 Å². The SMILES string of the molecule is O=C(O)CC1(CC(O)c2cc(F)ccc2F)CCCCC1. The van der Waals surface area contributed by atoms with Crippen LogP contribution in [0.4, 0.5) is 8.78 Å². The van der Waals surface area contributed by atoms with Crippen molar-refractivity contribution in [1.82, 2.24) is 0 Å². The van der Waals surface area contributed by atoms with E-state index in [1.165, 1.54) is 0 Å². The normalized spacial score (nSPS) is 19.2. The van der Waals surface area contributed by atoms with Gasteiger partial charge in [-0.1, -0.05) is 19.3 Å². The summed E-state index contributed by atoms with van der Waals surface area (Å²) in [5, 5.41) is 19.4. The molecule has 1 unspecified atom stereocenters. The molecule has 1 aromatic rings. The standard InChI is InChI=1S/C16H20F2O3/c17-11-4-5-13(18)12(8-11)14(19)9-16(10-15(20)21)6-2-1-3-7-16/h4-5,8,14,19H,1-3,6-7,9-10H2,(H,20,21). The van der Waals surface area contributed by atoms with Crippen LogP contribution in [0.5, 0.6) is 0 Å². The minimum atomic E-state index is -1.18. The molecule has 0 spiro atoms. The number of aliphatic carboxylic acids is 1. The lowest BCUT2D eigenvalue weighted by Gasteiger charge is -2.37. The van der Waals surface area contributed by atoms with Crippen molar-refractivity contribution in [2.75, 3.05) is 0 Å². The predicted octanol–water partition coefficient (Wildman–Crippen LogP) is 3.81. The van der Waals surface area contributed by atoms with Crippen LogP contribution in [0.1, 0.15) is 56.6 Å². The van der Waals surface area contributed by atoms with Gasteiger partial charge in [0.05, 0.1) is 12.5 Å². The van der Waals surface area contributed by atoms with E-state index in [2.05, 4.69) is 0 Å². The summed E-state index contributed by atoms with van der Waals surface area (Å²) >= 11 is 0. The van der Waals surface area contributed by atoms with Crippen molar-refractivity contribution in [2.45, 2.75) is 51.0 Å². The maximum atomic E-state index is 13.7. The Morgan fingerprint density at radius 1 is 1.24 bits per heavy atom. The molecule has 0 heterocycles. The third kappa shape index (κ3) is 4.00. The van der Waals surface area contributed by atoms with Crippen LogP contribution in [0, 0.1) is 17.0 Å². The Balaban J connectivity index is 2.19. The molecule has 21 heavy (non-hydrogen) atoms. The van der Waals surface area contributed by atoms with Gasteiger partial charge in [-0.05, 0) is 42.9 Å². The second-order valence-corrected chi connectivity index (χ2v) is 6.02. The largest absolute Gasteiger partial charge is 0.481 e. The zero-order valence-corrected chi connectivity index (χ0v) is 11.8. The number of aliphatic hydroxyl groups excluding tert-OH is 1. The molecule has 0 aromatic heterocycles. The highest BCUT2D eigenvalue weighted by Gasteiger charge is 2.37. The van der Waals surface area contributed by atoms with Crippen LogP contribution in [0.2, 0.25) is 0 Å². The van der Waals surface area contributed by atoms with E-state index in [0.29, 0.717) is 12.8 Å². The number of rotatable bonds is 5. The van der Waals surface area contributed by atoms with E-state index in [9.17, 15) is 18.7 Å². The van der Waals surface area contributed by atoms with Gasteiger partial charge in [-0.3, -0.25) is 4.79 Å². The Morgan fingerprint density at radius 3 is 2.52 bits per heavy atom. The number of hydrogen-bond acceptors (Lipinski definition) is 2. The number of aliphatic hydroxyl groups is 1. The molecule has 1 fully saturated rings. The summed E-state index contributed by atoms with van der Waals surface area (Å²) < 4.78 is 26.9. The van der Waals surface area contributed by atoms with E-state index in [0.717, 1.165) is 37.5 Å². The first-order valence-electron chi connectivity index (χ1n) is 7.27. The Labute approximate surface area is 122 Å². The van der Waals surface area contributed by atoms with Crippen molar-refractivity contribution in [3.63, 3.8) is 0 Å². The minimum Gasteiger partial charge on any atom is -0.481 e. The molecule has 1 aliphatic carbocycles. The van der Waals surface area contributed by atoms with E-state index >= 15 is 0 Å². The molecular formula is C16H20F2O3. The molecule has 2 rings (SSSR count). The number of carboxylic acid groups (broad SMARTS) is 1. The first kappa shape index (κ1) is 15.9. The summed E-state index contributed by atoms with van der Waals surface area (Å²) in [5.74, 6) is -2.18. The van der Waals surface area contributed by atoms with Crippen LogP contribution < -0.4 is 0 Å². The van der Waals surface area contributed by atoms with Crippen LogP contribution >= 0.6 is 0 Å². The van der Waals surface area contributed by atoms with E-state index in [1.807, 2.05) is 0 Å². The van der Waals surface area contributed by atoms with E-state index in [1.54, 1.807) is 0 Å². The van der Waals surface area contributed by atoms with Gasteiger partial charge in [0.2, 0.25) is 0 Å². The molecule has 2 N–H and O–H groups in total. The van der Waals surface area contributed by atoms with E-state index in [-0.39, 0.29) is 18.4 Å².